The number of aromatic nitrogens is 1. The lowest BCUT2D eigenvalue weighted by Gasteiger charge is -2.24. The van der Waals surface area contributed by atoms with Gasteiger partial charge in [0, 0.05) is 44.0 Å². The molecule has 1 aromatic rings. The normalized spacial score (nSPS) is 20.2. The molecule has 1 fully saturated rings. The molecule has 4 nitrogen and oxygen atoms in total. The smallest absolute Gasteiger partial charge is 0.133 e. The molecule has 0 radical (unpaired) electrons. The second kappa shape index (κ2) is 5.47. The molecule has 3 rings (SSSR count). The fourth-order valence-corrected chi connectivity index (χ4v) is 2.78. The summed E-state index contributed by atoms with van der Waals surface area (Å²) in [5, 5.41) is 9.15. The maximum absolute atomic E-state index is 9.15. The van der Waals surface area contributed by atoms with Crippen molar-refractivity contribution in [3.63, 3.8) is 0 Å². The van der Waals surface area contributed by atoms with Gasteiger partial charge in [0.25, 0.3) is 0 Å². The molecule has 0 atom stereocenters. The zero-order valence-corrected chi connectivity index (χ0v) is 11.7. The summed E-state index contributed by atoms with van der Waals surface area (Å²) in [4.78, 5) is 9.55. The van der Waals surface area contributed by atoms with Crippen LogP contribution in [0, 0.1) is 12.8 Å². The summed E-state index contributed by atoms with van der Waals surface area (Å²) in [6.45, 7) is 7.15. The van der Waals surface area contributed by atoms with Gasteiger partial charge in [0.2, 0.25) is 0 Å². The molecule has 1 aliphatic carbocycles. The van der Waals surface area contributed by atoms with E-state index in [0.717, 1.165) is 44.3 Å². The third kappa shape index (κ3) is 3.07. The van der Waals surface area contributed by atoms with Gasteiger partial charge in [0.1, 0.15) is 5.82 Å². The summed E-state index contributed by atoms with van der Waals surface area (Å²) in [6.07, 6.45) is 2.75. The molecule has 2 heterocycles. The van der Waals surface area contributed by atoms with Gasteiger partial charge in [-0.1, -0.05) is 6.07 Å². The Bertz CT molecular complexity index is 445. The van der Waals surface area contributed by atoms with E-state index in [1.807, 2.05) is 0 Å². The number of hydrogen-bond acceptors (Lipinski definition) is 4. The van der Waals surface area contributed by atoms with E-state index in [9.17, 15) is 0 Å². The first-order valence-electron chi connectivity index (χ1n) is 7.31. The van der Waals surface area contributed by atoms with E-state index >= 15 is 0 Å². The fraction of sp³-hybridized carbons (Fsp3) is 0.667. The van der Waals surface area contributed by atoms with Gasteiger partial charge in [0.05, 0.1) is 6.61 Å². The van der Waals surface area contributed by atoms with Crippen LogP contribution < -0.4 is 4.90 Å². The maximum atomic E-state index is 9.15. The Hall–Kier alpha value is -1.13. The maximum Gasteiger partial charge on any atom is 0.133 e. The summed E-state index contributed by atoms with van der Waals surface area (Å²) in [5.74, 6) is 2.05. The van der Waals surface area contributed by atoms with Gasteiger partial charge in [0.15, 0.2) is 0 Å². The van der Waals surface area contributed by atoms with Crippen LogP contribution in [0.5, 0.6) is 0 Å². The fourth-order valence-electron chi connectivity index (χ4n) is 2.78. The number of fused-ring (bicyclic) bond motifs is 1. The van der Waals surface area contributed by atoms with Crippen LogP contribution in [0.3, 0.4) is 0 Å². The first-order valence-corrected chi connectivity index (χ1v) is 7.31. The Morgan fingerprint density at radius 3 is 2.89 bits per heavy atom. The Kier molecular flexibility index (Phi) is 3.71. The van der Waals surface area contributed by atoms with E-state index in [0.29, 0.717) is 0 Å². The van der Waals surface area contributed by atoms with E-state index in [1.54, 1.807) is 0 Å². The Morgan fingerprint density at radius 1 is 1.32 bits per heavy atom. The van der Waals surface area contributed by atoms with Crippen LogP contribution in [-0.2, 0) is 6.54 Å². The van der Waals surface area contributed by atoms with Crippen LogP contribution in [0.15, 0.2) is 12.1 Å². The van der Waals surface area contributed by atoms with Gasteiger partial charge >= 0.3 is 0 Å². The molecule has 4 heteroatoms. The van der Waals surface area contributed by atoms with Crippen molar-refractivity contribution < 1.29 is 5.11 Å². The van der Waals surface area contributed by atoms with Crippen molar-refractivity contribution in [2.75, 3.05) is 37.7 Å². The highest BCUT2D eigenvalue weighted by Gasteiger charge is 2.28. The summed E-state index contributed by atoms with van der Waals surface area (Å²) in [6, 6.07) is 4.30. The van der Waals surface area contributed by atoms with Crippen molar-refractivity contribution in [1.29, 1.82) is 0 Å². The molecule has 0 saturated heterocycles. The Morgan fingerprint density at radius 2 is 2.16 bits per heavy atom. The number of aryl methyl sites for hydroxylation is 1. The van der Waals surface area contributed by atoms with E-state index in [-0.39, 0.29) is 6.61 Å². The number of nitrogens with zero attached hydrogens (tertiary/aromatic N) is 3. The van der Waals surface area contributed by atoms with E-state index in [4.69, 9.17) is 10.1 Å². The molecule has 0 unspecified atom stereocenters. The van der Waals surface area contributed by atoms with Crippen LogP contribution in [0.1, 0.15) is 24.1 Å². The monoisotopic (exact) mass is 261 g/mol. The van der Waals surface area contributed by atoms with Gasteiger partial charge < -0.3 is 10.0 Å². The van der Waals surface area contributed by atoms with Crippen LogP contribution in [0.2, 0.25) is 0 Å². The molecule has 0 spiro atoms. The van der Waals surface area contributed by atoms with Crippen molar-refractivity contribution in [2.45, 2.75) is 26.3 Å². The zero-order valence-electron chi connectivity index (χ0n) is 11.7. The summed E-state index contributed by atoms with van der Waals surface area (Å²) in [5.41, 5.74) is 2.40. The molecule has 104 valence electrons. The Balaban J connectivity index is 1.85. The van der Waals surface area contributed by atoms with Crippen molar-refractivity contribution in [3.8, 4) is 0 Å². The van der Waals surface area contributed by atoms with E-state index < -0.39 is 0 Å². The molecule has 0 amide bonds. The molecule has 1 N–H and O–H groups in total. The van der Waals surface area contributed by atoms with Crippen molar-refractivity contribution in [1.82, 2.24) is 9.88 Å². The SMILES string of the molecule is Cc1ccc2c(n1)N(CC1CC1)CCN(CCO)C2. The highest BCUT2D eigenvalue weighted by molar-refractivity contribution is 5.49. The predicted octanol–water partition coefficient (Wildman–Crippen LogP) is 1.41. The second-order valence-corrected chi connectivity index (χ2v) is 5.82. The second-order valence-electron chi connectivity index (χ2n) is 5.82. The highest BCUT2D eigenvalue weighted by Crippen LogP contribution is 2.33. The molecule has 2 aliphatic rings. The lowest BCUT2D eigenvalue weighted by Crippen LogP contribution is -2.34. The van der Waals surface area contributed by atoms with Crippen molar-refractivity contribution >= 4 is 5.82 Å². The summed E-state index contributed by atoms with van der Waals surface area (Å²) >= 11 is 0. The van der Waals surface area contributed by atoms with Gasteiger partial charge in [-0.2, -0.15) is 0 Å². The first-order chi connectivity index (χ1) is 9.26. The third-order valence-electron chi connectivity index (χ3n) is 4.07. The zero-order chi connectivity index (χ0) is 13.2. The quantitative estimate of drug-likeness (QED) is 0.889. The molecule has 1 aromatic heterocycles. The number of aliphatic hydroxyl groups excluding tert-OH is 1. The number of pyridine rings is 1. The van der Waals surface area contributed by atoms with E-state index in [1.165, 1.54) is 24.2 Å². The lowest BCUT2D eigenvalue weighted by molar-refractivity contribution is 0.195. The minimum Gasteiger partial charge on any atom is -0.395 e. The molecule has 1 aliphatic heterocycles. The molecule has 0 aromatic carbocycles. The molecule has 0 bridgehead atoms. The predicted molar refractivity (Wildman–Crippen MR) is 76.3 cm³/mol. The average molecular weight is 261 g/mol. The van der Waals surface area contributed by atoms with Crippen molar-refractivity contribution in [2.24, 2.45) is 5.92 Å². The van der Waals surface area contributed by atoms with E-state index in [2.05, 4.69) is 28.9 Å². The van der Waals surface area contributed by atoms with Gasteiger partial charge in [-0.25, -0.2) is 4.98 Å². The number of anilines is 1. The average Bonchev–Trinajstić information content (AvgIpc) is 3.20. The van der Waals surface area contributed by atoms with Crippen molar-refractivity contribution in [3.05, 3.63) is 23.4 Å². The van der Waals surface area contributed by atoms with Gasteiger partial charge in [-0.15, -0.1) is 0 Å². The minimum absolute atomic E-state index is 0.233. The Labute approximate surface area is 115 Å². The van der Waals surface area contributed by atoms with Gasteiger partial charge in [-0.3, -0.25) is 4.90 Å². The summed E-state index contributed by atoms with van der Waals surface area (Å²) < 4.78 is 0. The van der Waals surface area contributed by atoms with Crippen LogP contribution >= 0.6 is 0 Å². The van der Waals surface area contributed by atoms with Crippen LogP contribution in [0.4, 0.5) is 5.82 Å². The van der Waals surface area contributed by atoms with Crippen LogP contribution in [-0.4, -0.2) is 47.8 Å². The lowest BCUT2D eigenvalue weighted by atomic mass is 10.2. The van der Waals surface area contributed by atoms with Gasteiger partial charge in [-0.05, 0) is 31.7 Å². The molecule has 19 heavy (non-hydrogen) atoms. The topological polar surface area (TPSA) is 39.6 Å². The largest absolute Gasteiger partial charge is 0.395 e. The summed E-state index contributed by atoms with van der Waals surface area (Å²) in [7, 11) is 0. The standard InChI is InChI=1S/C15H23N3O/c1-12-2-5-14-11-17(8-9-19)6-7-18(15(14)16-12)10-13-3-4-13/h2,5,13,19H,3-4,6-11H2,1H3. The van der Waals surface area contributed by atoms with Crippen LogP contribution in [0.25, 0.3) is 0 Å². The molecule has 1 saturated carbocycles. The third-order valence-corrected chi connectivity index (χ3v) is 4.07. The molecular formula is C15H23N3O. The highest BCUT2D eigenvalue weighted by atomic mass is 16.3. The number of hydrogen-bond donors (Lipinski definition) is 1. The molecular weight excluding hydrogens is 238 g/mol. The minimum atomic E-state index is 0.233. The number of rotatable bonds is 4. The first kappa shape index (κ1) is 12.9. The number of β-amino-alcohol motifs (C(OH)–C–C–N with tert-alkyl or cyclic N) is 1. The number of aliphatic hydroxyl groups is 1.